The van der Waals surface area contributed by atoms with Crippen LogP contribution in [0.15, 0.2) is 28.7 Å². The third kappa shape index (κ3) is 7.26. The van der Waals surface area contributed by atoms with Crippen LogP contribution in [-0.2, 0) is 20.7 Å². The van der Waals surface area contributed by atoms with E-state index < -0.39 is 17.9 Å². The minimum Gasteiger partial charge on any atom is -0.381 e. The Hall–Kier alpha value is -3.51. The van der Waals surface area contributed by atoms with Gasteiger partial charge in [-0.15, -0.1) is 11.3 Å². The number of thiazole rings is 1. The molecule has 1 unspecified atom stereocenters. The number of aromatic nitrogens is 2. The summed E-state index contributed by atoms with van der Waals surface area (Å²) in [7, 11) is 0. The second-order valence-corrected chi connectivity index (χ2v) is 9.80. The van der Waals surface area contributed by atoms with Gasteiger partial charge in [-0.05, 0) is 37.8 Å². The summed E-state index contributed by atoms with van der Waals surface area (Å²) in [6, 6.07) is 2.76. The van der Waals surface area contributed by atoms with Crippen LogP contribution in [0.1, 0.15) is 42.4 Å². The predicted octanol–water partition coefficient (Wildman–Crippen LogP) is 1.48. The van der Waals surface area contributed by atoms with Crippen LogP contribution in [0.3, 0.4) is 0 Å². The van der Waals surface area contributed by atoms with E-state index in [1.54, 1.807) is 16.5 Å². The number of fused-ring (bicyclic) bond motifs is 5. The van der Waals surface area contributed by atoms with E-state index in [-0.39, 0.29) is 29.9 Å². The van der Waals surface area contributed by atoms with Gasteiger partial charge in [-0.25, -0.2) is 4.98 Å². The lowest BCUT2D eigenvalue weighted by Gasteiger charge is -2.22. The van der Waals surface area contributed by atoms with E-state index in [2.05, 4.69) is 25.6 Å². The zero-order valence-corrected chi connectivity index (χ0v) is 21.6. The molecule has 2 aromatic rings. The van der Waals surface area contributed by atoms with E-state index in [1.165, 1.54) is 24.5 Å². The number of ether oxygens (including phenoxy) is 1. The predicted molar refractivity (Wildman–Crippen MR) is 140 cm³/mol. The standard InChI is InChI=1S/C25H31N7O4S/c1-16(33)32-9-2-3-19-13-17(4-7-27-19)25-31-21(15-37-25)23(34)30-20(22(26)24(35)28-8-10-32)14-29-18-5-11-36-12-6-18/h4,7,13-15,18,20,26H,2-3,5-6,8-12H2,1H3,(H,28,35)(H,30,34). The number of carbonyl (C=O) groups excluding carboxylic acids is 3. The van der Waals surface area contributed by atoms with E-state index in [0.717, 1.165) is 24.1 Å². The lowest BCUT2D eigenvalue weighted by atomic mass is 10.1. The Labute approximate surface area is 219 Å². The highest BCUT2D eigenvalue weighted by Crippen LogP contribution is 2.24. The summed E-state index contributed by atoms with van der Waals surface area (Å²) in [5.41, 5.74) is 1.58. The summed E-state index contributed by atoms with van der Waals surface area (Å²) in [6.07, 6.45) is 6.02. The fraction of sp³-hybridized carbons (Fsp3) is 0.480. The van der Waals surface area contributed by atoms with Crippen molar-refractivity contribution in [3.63, 3.8) is 0 Å². The quantitative estimate of drug-likeness (QED) is 0.506. The highest BCUT2D eigenvalue weighted by atomic mass is 32.1. The van der Waals surface area contributed by atoms with E-state index in [4.69, 9.17) is 10.1 Å². The Balaban J connectivity index is 1.60. The molecule has 1 atom stereocenters. The first-order valence-electron chi connectivity index (χ1n) is 12.4. The van der Waals surface area contributed by atoms with Crippen LogP contribution in [0.25, 0.3) is 10.6 Å². The molecule has 2 aliphatic heterocycles. The van der Waals surface area contributed by atoms with Gasteiger partial charge in [0, 0.05) is 68.8 Å². The van der Waals surface area contributed by atoms with Gasteiger partial charge in [-0.2, -0.15) is 0 Å². The van der Waals surface area contributed by atoms with Crippen LogP contribution in [0.5, 0.6) is 0 Å². The third-order valence-corrected chi connectivity index (χ3v) is 7.14. The van der Waals surface area contributed by atoms with E-state index in [9.17, 15) is 14.4 Å². The zero-order chi connectivity index (χ0) is 26.2. The first-order valence-corrected chi connectivity index (χ1v) is 13.2. The Bertz CT molecular complexity index is 1180. The van der Waals surface area contributed by atoms with Crippen molar-refractivity contribution >= 4 is 41.0 Å². The molecule has 37 heavy (non-hydrogen) atoms. The van der Waals surface area contributed by atoms with Crippen molar-refractivity contribution in [3.05, 3.63) is 35.1 Å². The Morgan fingerprint density at radius 3 is 2.86 bits per heavy atom. The number of rotatable bonds is 2. The molecule has 4 heterocycles. The molecular weight excluding hydrogens is 494 g/mol. The van der Waals surface area contributed by atoms with E-state index in [0.29, 0.717) is 44.2 Å². The average molecular weight is 526 g/mol. The molecule has 0 saturated carbocycles. The van der Waals surface area contributed by atoms with Gasteiger partial charge in [0.15, 0.2) is 0 Å². The van der Waals surface area contributed by atoms with Gasteiger partial charge >= 0.3 is 0 Å². The molecule has 4 rings (SSSR count). The number of amides is 3. The first kappa shape index (κ1) is 26.6. The van der Waals surface area contributed by atoms with E-state index >= 15 is 0 Å². The molecule has 0 spiro atoms. The lowest BCUT2D eigenvalue weighted by molar-refractivity contribution is -0.129. The van der Waals surface area contributed by atoms with Gasteiger partial charge in [0.2, 0.25) is 5.91 Å². The molecule has 12 heteroatoms. The minimum atomic E-state index is -1.03. The van der Waals surface area contributed by atoms with Crippen molar-refractivity contribution in [1.82, 2.24) is 25.5 Å². The summed E-state index contributed by atoms with van der Waals surface area (Å²) >= 11 is 1.33. The van der Waals surface area contributed by atoms with Crippen LogP contribution in [0.2, 0.25) is 0 Å². The van der Waals surface area contributed by atoms with Crippen LogP contribution in [0, 0.1) is 5.41 Å². The molecule has 3 amide bonds. The first-order chi connectivity index (χ1) is 17.9. The topological polar surface area (TPSA) is 150 Å². The van der Waals surface area contributed by atoms with Crippen LogP contribution >= 0.6 is 11.3 Å². The molecule has 2 aromatic heterocycles. The third-order valence-electron chi connectivity index (χ3n) is 6.25. The number of pyridine rings is 1. The van der Waals surface area contributed by atoms with Gasteiger partial charge < -0.3 is 20.3 Å². The molecule has 1 saturated heterocycles. The van der Waals surface area contributed by atoms with Crippen LogP contribution < -0.4 is 10.6 Å². The summed E-state index contributed by atoms with van der Waals surface area (Å²) in [5.74, 6) is -1.22. The molecule has 2 aliphatic rings. The number of carbonyl (C=O) groups is 3. The minimum absolute atomic E-state index is 0.00504. The Morgan fingerprint density at radius 1 is 1.27 bits per heavy atom. The Kier molecular flexibility index (Phi) is 9.07. The molecule has 196 valence electrons. The van der Waals surface area contributed by atoms with Gasteiger partial charge in [-0.3, -0.25) is 29.8 Å². The maximum Gasteiger partial charge on any atom is 0.271 e. The van der Waals surface area contributed by atoms with Gasteiger partial charge in [-0.1, -0.05) is 0 Å². The summed E-state index contributed by atoms with van der Waals surface area (Å²) in [6.45, 7) is 3.71. The summed E-state index contributed by atoms with van der Waals surface area (Å²) < 4.78 is 5.37. The number of aryl methyl sites for hydroxylation is 1. The van der Waals surface area contributed by atoms with Crippen LogP contribution in [-0.4, -0.2) is 89.4 Å². The van der Waals surface area contributed by atoms with Crippen molar-refractivity contribution in [2.45, 2.75) is 44.7 Å². The van der Waals surface area contributed by atoms with Gasteiger partial charge in [0.25, 0.3) is 11.8 Å². The van der Waals surface area contributed by atoms with Gasteiger partial charge in [0.05, 0.1) is 6.04 Å². The zero-order valence-electron chi connectivity index (χ0n) is 20.7. The highest BCUT2D eigenvalue weighted by molar-refractivity contribution is 7.13. The monoisotopic (exact) mass is 525 g/mol. The fourth-order valence-electron chi connectivity index (χ4n) is 4.12. The van der Waals surface area contributed by atoms with Crippen molar-refractivity contribution in [2.24, 2.45) is 4.99 Å². The number of nitrogens with one attached hydrogen (secondary N) is 3. The molecule has 0 aliphatic carbocycles. The molecule has 3 N–H and O–H groups in total. The molecule has 0 aromatic carbocycles. The summed E-state index contributed by atoms with van der Waals surface area (Å²) in [5, 5.41) is 16.2. The summed E-state index contributed by atoms with van der Waals surface area (Å²) in [4.78, 5) is 53.1. The second-order valence-electron chi connectivity index (χ2n) is 8.95. The number of hydrogen-bond acceptors (Lipinski definition) is 9. The molecule has 11 nitrogen and oxygen atoms in total. The maximum absolute atomic E-state index is 13.1. The maximum atomic E-state index is 13.1. The van der Waals surface area contributed by atoms with Crippen molar-refractivity contribution in [3.8, 4) is 10.6 Å². The van der Waals surface area contributed by atoms with Crippen molar-refractivity contribution in [2.75, 3.05) is 32.8 Å². The largest absolute Gasteiger partial charge is 0.381 e. The molecular formula is C25H31N7O4S. The normalized spacial score (nSPS) is 20.7. The highest BCUT2D eigenvalue weighted by Gasteiger charge is 2.25. The molecule has 0 radical (unpaired) electrons. The average Bonchev–Trinajstić information content (AvgIpc) is 3.40. The Morgan fingerprint density at radius 2 is 2.08 bits per heavy atom. The van der Waals surface area contributed by atoms with E-state index in [1.807, 2.05) is 12.1 Å². The SMILES string of the molecule is CC(=O)N1CCCc2cc(ccn2)-c2nc(cs2)C(=O)NC(C=NC2CCOCC2)C(=N)C(=O)NCC1. The van der Waals surface area contributed by atoms with Gasteiger partial charge in [0.1, 0.15) is 22.5 Å². The molecule has 1 fully saturated rings. The van der Waals surface area contributed by atoms with Crippen molar-refractivity contribution in [1.29, 1.82) is 5.41 Å². The fourth-order valence-corrected chi connectivity index (χ4v) is 4.92. The lowest BCUT2D eigenvalue weighted by Crippen LogP contribution is -2.49. The number of nitrogens with zero attached hydrogens (tertiary/aromatic N) is 4. The number of hydrogen-bond donors (Lipinski definition) is 3. The van der Waals surface area contributed by atoms with Crippen molar-refractivity contribution < 1.29 is 19.1 Å². The molecule has 4 bridgehead atoms. The second kappa shape index (κ2) is 12.6. The number of aliphatic imine (C=N–C) groups is 1. The van der Waals surface area contributed by atoms with Crippen LogP contribution in [0.4, 0.5) is 0 Å². The smallest absolute Gasteiger partial charge is 0.271 e.